The first-order valence-corrected chi connectivity index (χ1v) is 8.28. The average Bonchev–Trinajstić information content (AvgIpc) is 3.02. The highest BCUT2D eigenvalue weighted by atomic mass is 35.5. The molecule has 2 aromatic carbocycles. The van der Waals surface area contributed by atoms with E-state index in [9.17, 15) is 4.79 Å². The highest BCUT2D eigenvalue weighted by molar-refractivity contribution is 6.31. The van der Waals surface area contributed by atoms with Crippen molar-refractivity contribution in [3.8, 4) is 17.2 Å². The van der Waals surface area contributed by atoms with Crippen molar-refractivity contribution in [3.63, 3.8) is 0 Å². The Kier molecular flexibility index (Phi) is 5.19. The number of aryl methyl sites for hydroxylation is 1. The number of ether oxygens (including phenoxy) is 3. The predicted molar refractivity (Wildman–Crippen MR) is 96.5 cm³/mol. The van der Waals surface area contributed by atoms with Crippen LogP contribution in [0.3, 0.4) is 0 Å². The number of amides is 1. The number of nitrogen functional groups attached to an aromatic ring is 1. The van der Waals surface area contributed by atoms with Gasteiger partial charge in [0.15, 0.2) is 11.5 Å². The Morgan fingerprint density at radius 3 is 2.80 bits per heavy atom. The van der Waals surface area contributed by atoms with Crippen molar-refractivity contribution < 1.29 is 19.0 Å². The van der Waals surface area contributed by atoms with Gasteiger partial charge in [-0.3, -0.25) is 4.79 Å². The third-order valence-electron chi connectivity index (χ3n) is 3.77. The van der Waals surface area contributed by atoms with E-state index in [1.165, 1.54) is 0 Å². The Morgan fingerprint density at radius 1 is 1.28 bits per heavy atom. The molecule has 1 amide bonds. The Balaban J connectivity index is 1.46. The lowest BCUT2D eigenvalue weighted by molar-refractivity contribution is -0.116. The van der Waals surface area contributed by atoms with Crippen LogP contribution in [0.1, 0.15) is 18.4 Å². The van der Waals surface area contributed by atoms with Gasteiger partial charge in [-0.05, 0) is 37.1 Å². The maximum Gasteiger partial charge on any atom is 0.231 e. The van der Waals surface area contributed by atoms with Gasteiger partial charge in [-0.15, -0.1) is 0 Å². The molecule has 0 saturated heterocycles. The molecule has 0 atom stereocenters. The number of anilines is 2. The van der Waals surface area contributed by atoms with Crippen LogP contribution in [0.5, 0.6) is 17.2 Å². The second-order valence-electron chi connectivity index (χ2n) is 5.70. The first-order valence-electron chi connectivity index (χ1n) is 7.91. The second kappa shape index (κ2) is 7.53. The van der Waals surface area contributed by atoms with E-state index in [0.717, 1.165) is 11.3 Å². The smallest absolute Gasteiger partial charge is 0.231 e. The molecule has 1 aliphatic heterocycles. The summed E-state index contributed by atoms with van der Waals surface area (Å²) in [5.74, 6) is 1.76. The van der Waals surface area contributed by atoms with Crippen LogP contribution in [0, 0.1) is 6.92 Å². The number of halogens is 1. The average molecular weight is 363 g/mol. The number of rotatable bonds is 6. The molecule has 0 fully saturated rings. The van der Waals surface area contributed by atoms with Gasteiger partial charge in [-0.2, -0.15) is 0 Å². The molecular weight excluding hydrogens is 344 g/mol. The lowest BCUT2D eigenvalue weighted by atomic mass is 10.2. The fourth-order valence-corrected chi connectivity index (χ4v) is 2.53. The predicted octanol–water partition coefficient (Wildman–Crippen LogP) is 3.76. The SMILES string of the molecule is Cc1cc(OCCCC(=O)Nc2cc3c(cc2N)OCO3)ccc1Cl. The van der Waals surface area contributed by atoms with Crippen molar-refractivity contribution in [2.75, 3.05) is 24.5 Å². The summed E-state index contributed by atoms with van der Waals surface area (Å²) in [5, 5.41) is 3.48. The van der Waals surface area contributed by atoms with Crippen molar-refractivity contribution in [2.45, 2.75) is 19.8 Å². The van der Waals surface area contributed by atoms with Crippen LogP contribution in [0.15, 0.2) is 30.3 Å². The largest absolute Gasteiger partial charge is 0.494 e. The summed E-state index contributed by atoms with van der Waals surface area (Å²) in [6, 6.07) is 8.78. The van der Waals surface area contributed by atoms with Gasteiger partial charge >= 0.3 is 0 Å². The summed E-state index contributed by atoms with van der Waals surface area (Å²) < 4.78 is 16.1. The van der Waals surface area contributed by atoms with E-state index in [0.29, 0.717) is 47.3 Å². The summed E-state index contributed by atoms with van der Waals surface area (Å²) in [6.07, 6.45) is 0.901. The molecule has 0 aromatic heterocycles. The lowest BCUT2D eigenvalue weighted by Gasteiger charge is -2.10. The van der Waals surface area contributed by atoms with Gasteiger partial charge in [-0.25, -0.2) is 0 Å². The topological polar surface area (TPSA) is 82.8 Å². The van der Waals surface area contributed by atoms with Gasteiger partial charge in [-0.1, -0.05) is 11.6 Å². The second-order valence-corrected chi connectivity index (χ2v) is 6.11. The van der Waals surface area contributed by atoms with Crippen molar-refractivity contribution >= 4 is 28.9 Å². The summed E-state index contributed by atoms with van der Waals surface area (Å²) in [7, 11) is 0. The highest BCUT2D eigenvalue weighted by Gasteiger charge is 2.17. The van der Waals surface area contributed by atoms with Crippen LogP contribution >= 0.6 is 11.6 Å². The molecule has 0 spiro atoms. The molecule has 2 aromatic rings. The monoisotopic (exact) mass is 362 g/mol. The molecule has 1 aliphatic rings. The minimum absolute atomic E-state index is 0.138. The molecule has 132 valence electrons. The molecule has 0 saturated carbocycles. The molecule has 0 unspecified atom stereocenters. The van der Waals surface area contributed by atoms with Crippen molar-refractivity contribution in [1.82, 2.24) is 0 Å². The Labute approximate surface area is 150 Å². The fourth-order valence-electron chi connectivity index (χ4n) is 2.41. The van der Waals surface area contributed by atoms with Gasteiger partial charge in [0.05, 0.1) is 18.0 Å². The zero-order valence-electron chi connectivity index (χ0n) is 13.8. The van der Waals surface area contributed by atoms with E-state index in [2.05, 4.69) is 5.32 Å². The molecule has 0 radical (unpaired) electrons. The summed E-state index contributed by atoms with van der Waals surface area (Å²) in [5.41, 5.74) is 7.82. The quantitative estimate of drug-likeness (QED) is 0.604. The normalized spacial score (nSPS) is 12.1. The summed E-state index contributed by atoms with van der Waals surface area (Å²) in [6.45, 7) is 2.51. The molecular formula is C18H19ClN2O4. The molecule has 7 heteroatoms. The van der Waals surface area contributed by atoms with Gasteiger partial charge < -0.3 is 25.3 Å². The number of nitrogens with two attached hydrogens (primary N) is 1. The van der Waals surface area contributed by atoms with Crippen LogP contribution in [0.4, 0.5) is 11.4 Å². The van der Waals surface area contributed by atoms with E-state index in [4.69, 9.17) is 31.5 Å². The zero-order chi connectivity index (χ0) is 17.8. The first kappa shape index (κ1) is 17.2. The number of nitrogens with one attached hydrogen (secondary N) is 1. The molecule has 3 rings (SSSR count). The number of carbonyl (C=O) groups excluding carboxylic acids is 1. The van der Waals surface area contributed by atoms with Crippen LogP contribution < -0.4 is 25.3 Å². The summed E-state index contributed by atoms with van der Waals surface area (Å²) in [4.78, 5) is 12.1. The van der Waals surface area contributed by atoms with Crippen molar-refractivity contribution in [2.24, 2.45) is 0 Å². The van der Waals surface area contributed by atoms with Crippen molar-refractivity contribution in [1.29, 1.82) is 0 Å². The molecule has 1 heterocycles. The third-order valence-corrected chi connectivity index (χ3v) is 4.19. The Hall–Kier alpha value is -2.60. The van der Waals surface area contributed by atoms with E-state index >= 15 is 0 Å². The standard InChI is InChI=1S/C18H19ClN2O4/c1-11-7-12(4-5-13(11)19)23-6-2-3-18(22)21-15-9-17-16(8-14(15)20)24-10-25-17/h4-5,7-9H,2-3,6,10,20H2,1H3,(H,21,22). The Morgan fingerprint density at radius 2 is 2.04 bits per heavy atom. The Bertz CT molecular complexity index is 795. The number of carbonyl (C=O) groups is 1. The number of fused-ring (bicyclic) bond motifs is 1. The van der Waals surface area contributed by atoms with E-state index in [-0.39, 0.29) is 12.7 Å². The maximum atomic E-state index is 12.1. The number of hydrogen-bond donors (Lipinski definition) is 2. The molecule has 25 heavy (non-hydrogen) atoms. The van der Waals surface area contributed by atoms with Gasteiger partial charge in [0.25, 0.3) is 0 Å². The van der Waals surface area contributed by atoms with Crippen molar-refractivity contribution in [3.05, 3.63) is 40.9 Å². The van der Waals surface area contributed by atoms with Crippen LogP contribution in [0.2, 0.25) is 5.02 Å². The van der Waals surface area contributed by atoms with Crippen LogP contribution in [-0.2, 0) is 4.79 Å². The lowest BCUT2D eigenvalue weighted by Crippen LogP contribution is -2.14. The van der Waals surface area contributed by atoms with E-state index in [1.807, 2.05) is 19.1 Å². The molecule has 0 aliphatic carbocycles. The minimum atomic E-state index is -0.138. The van der Waals surface area contributed by atoms with Gasteiger partial charge in [0.2, 0.25) is 12.7 Å². The molecule has 0 bridgehead atoms. The summed E-state index contributed by atoms with van der Waals surface area (Å²) >= 11 is 5.97. The van der Waals surface area contributed by atoms with Crippen LogP contribution in [0.25, 0.3) is 0 Å². The van der Waals surface area contributed by atoms with Gasteiger partial charge in [0, 0.05) is 23.6 Å². The van der Waals surface area contributed by atoms with E-state index < -0.39 is 0 Å². The van der Waals surface area contributed by atoms with Crippen LogP contribution in [-0.4, -0.2) is 19.3 Å². The molecule has 3 N–H and O–H groups in total. The number of hydrogen-bond acceptors (Lipinski definition) is 5. The van der Waals surface area contributed by atoms with Gasteiger partial charge in [0.1, 0.15) is 5.75 Å². The fraction of sp³-hybridized carbons (Fsp3) is 0.278. The minimum Gasteiger partial charge on any atom is -0.494 e. The maximum absolute atomic E-state index is 12.1. The first-order chi connectivity index (χ1) is 12.0. The zero-order valence-corrected chi connectivity index (χ0v) is 14.6. The van der Waals surface area contributed by atoms with E-state index in [1.54, 1.807) is 18.2 Å². The number of benzene rings is 2. The highest BCUT2D eigenvalue weighted by Crippen LogP contribution is 2.38. The third kappa shape index (κ3) is 4.28. The molecule has 6 nitrogen and oxygen atoms in total.